The molecule has 0 unspecified atom stereocenters. The van der Waals surface area contributed by atoms with Crippen LogP contribution in [0.1, 0.15) is 34.3 Å². The molecule has 3 aromatic rings. The third-order valence-electron chi connectivity index (χ3n) is 6.12. The van der Waals surface area contributed by atoms with E-state index in [0.29, 0.717) is 19.4 Å². The lowest BCUT2D eigenvalue weighted by Crippen LogP contribution is -2.44. The van der Waals surface area contributed by atoms with Gasteiger partial charge in [0.15, 0.2) is 0 Å². The summed E-state index contributed by atoms with van der Waals surface area (Å²) in [5.74, 6) is -1.06. The summed E-state index contributed by atoms with van der Waals surface area (Å²) in [5, 5.41) is 0. The lowest BCUT2D eigenvalue weighted by Gasteiger charge is -2.31. The van der Waals surface area contributed by atoms with Crippen molar-refractivity contribution in [3.8, 4) is 5.75 Å². The van der Waals surface area contributed by atoms with Crippen molar-refractivity contribution in [2.45, 2.75) is 26.1 Å². The lowest BCUT2D eigenvalue weighted by molar-refractivity contribution is 0.0811. The molecule has 8 nitrogen and oxygen atoms in total. The third kappa shape index (κ3) is 8.06. The maximum Gasteiger partial charge on any atom is 0.410 e. The van der Waals surface area contributed by atoms with Gasteiger partial charge in [-0.3, -0.25) is 4.79 Å². The minimum atomic E-state index is -3.96. The molecular weight excluding hydrogens is 572 g/mol. The van der Waals surface area contributed by atoms with Gasteiger partial charge in [-0.1, -0.05) is 70.5 Å². The number of piperidine rings is 1. The first kappa shape index (κ1) is 27.7. The Hall–Kier alpha value is -3.37. The number of benzene rings is 3. The van der Waals surface area contributed by atoms with Crippen LogP contribution in [0.4, 0.5) is 4.79 Å². The second kappa shape index (κ2) is 12.9. The quantitative estimate of drug-likeness (QED) is 0.365. The molecule has 1 N–H and O–H groups in total. The van der Waals surface area contributed by atoms with Crippen molar-refractivity contribution in [1.29, 1.82) is 0 Å². The highest BCUT2D eigenvalue weighted by Gasteiger charge is 2.29. The first-order chi connectivity index (χ1) is 18.3. The zero-order valence-electron chi connectivity index (χ0n) is 20.7. The Balaban J connectivity index is 1.32. The van der Waals surface area contributed by atoms with E-state index in [1.165, 1.54) is 11.0 Å². The predicted octanol–water partition coefficient (Wildman–Crippen LogP) is 5.14. The normalized spacial score (nSPS) is 15.5. The molecule has 10 heteroatoms. The average molecular weight is 602 g/mol. The van der Waals surface area contributed by atoms with Gasteiger partial charge in [-0.15, -0.1) is 0 Å². The molecule has 1 atom stereocenters. The van der Waals surface area contributed by atoms with E-state index in [1.807, 2.05) is 54.6 Å². The smallest absolute Gasteiger partial charge is 0.410 e. The maximum absolute atomic E-state index is 12.9. The van der Waals surface area contributed by atoms with E-state index in [4.69, 9.17) is 9.47 Å². The summed E-state index contributed by atoms with van der Waals surface area (Å²) in [7, 11) is -3.96. The molecule has 0 bridgehead atoms. The van der Waals surface area contributed by atoms with Crippen LogP contribution < -0.4 is 9.46 Å². The number of rotatable bonds is 9. The van der Waals surface area contributed by atoms with Crippen molar-refractivity contribution < 1.29 is 27.5 Å². The number of nitrogens with one attached hydrogen (secondary N) is 1. The van der Waals surface area contributed by atoms with Crippen LogP contribution in [0.2, 0.25) is 0 Å². The third-order valence-corrected chi connectivity index (χ3v) is 8.06. The van der Waals surface area contributed by atoms with Crippen molar-refractivity contribution in [1.82, 2.24) is 9.62 Å². The van der Waals surface area contributed by atoms with E-state index < -0.39 is 22.0 Å². The highest BCUT2D eigenvalue weighted by molar-refractivity contribution is 9.10. The number of hydrogen-bond donors (Lipinski definition) is 1. The van der Waals surface area contributed by atoms with Crippen LogP contribution >= 0.6 is 15.9 Å². The number of ether oxygens (including phenoxy) is 2. The molecule has 3 aromatic carbocycles. The SMILES string of the molecule is O=C(NS(=O)(=O)C[C@H]1CCCN(C(=O)OCc2ccccc2)C1)c1ccccc1OCc1ccc(Br)cc1. The molecular formula is C28H29BrN2O6S. The van der Waals surface area contributed by atoms with Crippen molar-refractivity contribution in [2.24, 2.45) is 5.92 Å². The molecule has 1 aliphatic heterocycles. The van der Waals surface area contributed by atoms with Gasteiger partial charge in [0.05, 0.1) is 11.3 Å². The number of halogens is 1. The molecule has 1 heterocycles. The van der Waals surface area contributed by atoms with Crippen LogP contribution in [0, 0.1) is 5.92 Å². The summed E-state index contributed by atoms with van der Waals surface area (Å²) in [6.45, 7) is 1.12. The van der Waals surface area contributed by atoms with Gasteiger partial charge >= 0.3 is 6.09 Å². The van der Waals surface area contributed by atoms with Gasteiger partial charge in [-0.25, -0.2) is 17.9 Å². The van der Waals surface area contributed by atoms with Gasteiger partial charge in [0.1, 0.15) is 19.0 Å². The second-order valence-corrected chi connectivity index (χ2v) is 11.8. The highest BCUT2D eigenvalue weighted by atomic mass is 79.9. The van der Waals surface area contributed by atoms with Crippen LogP contribution in [-0.4, -0.2) is 44.2 Å². The van der Waals surface area contributed by atoms with Crippen molar-refractivity contribution in [3.63, 3.8) is 0 Å². The fourth-order valence-corrected chi connectivity index (χ4v) is 5.88. The van der Waals surface area contributed by atoms with Crippen molar-refractivity contribution in [3.05, 3.63) is 100 Å². The summed E-state index contributed by atoms with van der Waals surface area (Å²) in [6.07, 6.45) is 0.808. The number of hydrogen-bond acceptors (Lipinski definition) is 6. The first-order valence-electron chi connectivity index (χ1n) is 12.3. The molecule has 1 fully saturated rings. The topological polar surface area (TPSA) is 102 Å². The maximum atomic E-state index is 12.9. The minimum Gasteiger partial charge on any atom is -0.488 e. The van der Waals surface area contributed by atoms with Crippen LogP contribution in [0.15, 0.2) is 83.3 Å². The van der Waals surface area contributed by atoms with E-state index in [9.17, 15) is 18.0 Å². The number of likely N-dealkylation sites (tertiary alicyclic amines) is 1. The van der Waals surface area contributed by atoms with E-state index in [-0.39, 0.29) is 42.7 Å². The number of nitrogens with zero attached hydrogens (tertiary/aromatic N) is 1. The zero-order valence-corrected chi connectivity index (χ0v) is 23.1. The average Bonchev–Trinajstić information content (AvgIpc) is 2.91. The summed E-state index contributed by atoms with van der Waals surface area (Å²) < 4.78 is 40.1. The molecule has 1 aliphatic rings. The summed E-state index contributed by atoms with van der Waals surface area (Å²) in [4.78, 5) is 27.0. The Morgan fingerprint density at radius 3 is 2.37 bits per heavy atom. The monoisotopic (exact) mass is 600 g/mol. The Bertz CT molecular complexity index is 1350. The van der Waals surface area contributed by atoms with E-state index >= 15 is 0 Å². The Kier molecular flexibility index (Phi) is 9.41. The number of amides is 2. The van der Waals surface area contributed by atoms with Gasteiger partial charge in [-0.2, -0.15) is 0 Å². The molecule has 38 heavy (non-hydrogen) atoms. The molecule has 4 rings (SSSR count). The predicted molar refractivity (Wildman–Crippen MR) is 147 cm³/mol. The molecule has 0 spiro atoms. The number of carbonyl (C=O) groups excluding carboxylic acids is 2. The minimum absolute atomic E-state index is 0.128. The summed E-state index contributed by atoms with van der Waals surface area (Å²) in [5.41, 5.74) is 1.91. The Morgan fingerprint density at radius 1 is 0.921 bits per heavy atom. The molecule has 0 aliphatic carbocycles. The largest absolute Gasteiger partial charge is 0.488 e. The van der Waals surface area contributed by atoms with Gasteiger partial charge in [0, 0.05) is 17.6 Å². The number of para-hydroxylation sites is 1. The molecule has 1 saturated heterocycles. The molecule has 0 saturated carbocycles. The molecule has 200 valence electrons. The fourth-order valence-electron chi connectivity index (χ4n) is 4.25. The van der Waals surface area contributed by atoms with Gasteiger partial charge in [0.2, 0.25) is 10.0 Å². The Labute approximate surface area is 231 Å². The number of sulfonamides is 1. The van der Waals surface area contributed by atoms with Crippen molar-refractivity contribution in [2.75, 3.05) is 18.8 Å². The van der Waals surface area contributed by atoms with Crippen LogP contribution in [0.5, 0.6) is 5.75 Å². The van der Waals surface area contributed by atoms with Crippen LogP contribution in [-0.2, 0) is 28.0 Å². The lowest BCUT2D eigenvalue weighted by atomic mass is 10.0. The zero-order chi connectivity index (χ0) is 27.0. The summed E-state index contributed by atoms with van der Waals surface area (Å²) in [6, 6.07) is 23.4. The molecule has 0 aromatic heterocycles. The van der Waals surface area contributed by atoms with E-state index in [0.717, 1.165) is 15.6 Å². The standard InChI is InChI=1S/C28H29BrN2O6S/c29-24-14-12-22(13-15-24)18-36-26-11-5-4-10-25(26)27(32)30-38(34,35)20-23-9-6-16-31(17-23)28(33)37-19-21-7-2-1-3-8-21/h1-5,7-8,10-15,23H,6,9,16-20H2,(H,30,32)/t23-/m0/s1. The second-order valence-electron chi connectivity index (χ2n) is 9.12. The van der Waals surface area contributed by atoms with Gasteiger partial charge in [0.25, 0.3) is 5.91 Å². The van der Waals surface area contributed by atoms with Gasteiger partial charge in [-0.05, 0) is 54.2 Å². The highest BCUT2D eigenvalue weighted by Crippen LogP contribution is 2.22. The number of carbonyl (C=O) groups is 2. The molecule has 0 radical (unpaired) electrons. The fraction of sp³-hybridized carbons (Fsp3) is 0.286. The Morgan fingerprint density at radius 2 is 1.61 bits per heavy atom. The first-order valence-corrected chi connectivity index (χ1v) is 14.7. The van der Waals surface area contributed by atoms with Crippen LogP contribution in [0.3, 0.4) is 0 Å². The van der Waals surface area contributed by atoms with E-state index in [1.54, 1.807) is 18.2 Å². The summed E-state index contributed by atoms with van der Waals surface area (Å²) >= 11 is 3.39. The van der Waals surface area contributed by atoms with Gasteiger partial charge < -0.3 is 14.4 Å². The van der Waals surface area contributed by atoms with Crippen LogP contribution in [0.25, 0.3) is 0 Å². The van der Waals surface area contributed by atoms with E-state index in [2.05, 4.69) is 20.7 Å². The molecule has 2 amide bonds. The van der Waals surface area contributed by atoms with Crippen molar-refractivity contribution >= 4 is 38.0 Å².